The van der Waals surface area contributed by atoms with Crippen LogP contribution in [0.5, 0.6) is 5.75 Å². The van der Waals surface area contributed by atoms with Gasteiger partial charge < -0.3 is 10.1 Å². The minimum Gasteiger partial charge on any atom is -0.481 e. The summed E-state index contributed by atoms with van der Waals surface area (Å²) in [6.45, 7) is 1.63. The minimum atomic E-state index is -3.27. The number of ether oxygens (including phenoxy) is 1. The summed E-state index contributed by atoms with van der Waals surface area (Å²) in [7, 11) is -3.27. The molecule has 1 N–H and O–H groups in total. The molecule has 134 valence electrons. The summed E-state index contributed by atoms with van der Waals surface area (Å²) < 4.78 is 28.6. The summed E-state index contributed by atoms with van der Waals surface area (Å²) in [6.07, 6.45) is 2.07. The topological polar surface area (TPSA) is 85.4 Å². The van der Waals surface area contributed by atoms with Crippen molar-refractivity contribution in [3.05, 3.63) is 60.8 Å². The molecular formula is C19H18N2O4S. The number of anilines is 1. The van der Waals surface area contributed by atoms with E-state index in [-0.39, 0.29) is 10.8 Å². The fourth-order valence-electron chi connectivity index (χ4n) is 2.47. The largest absolute Gasteiger partial charge is 0.481 e. The average molecular weight is 370 g/mol. The molecule has 3 aromatic rings. The predicted molar refractivity (Wildman–Crippen MR) is 100 cm³/mol. The van der Waals surface area contributed by atoms with Gasteiger partial charge in [-0.25, -0.2) is 8.42 Å². The van der Waals surface area contributed by atoms with Crippen LogP contribution in [0.4, 0.5) is 5.69 Å². The Hall–Kier alpha value is -2.93. The summed E-state index contributed by atoms with van der Waals surface area (Å²) in [5.41, 5.74) is 1.44. The van der Waals surface area contributed by atoms with Gasteiger partial charge >= 0.3 is 0 Å². The predicted octanol–water partition coefficient (Wildman–Crippen LogP) is 3.04. The first-order valence-electron chi connectivity index (χ1n) is 7.96. The smallest absolute Gasteiger partial charge is 0.265 e. The molecule has 1 amide bonds. The van der Waals surface area contributed by atoms with E-state index in [1.165, 1.54) is 24.3 Å². The number of carbonyl (C=O) groups excluding carboxylic acids is 1. The van der Waals surface area contributed by atoms with Gasteiger partial charge in [-0.15, -0.1) is 0 Å². The number of nitrogens with zero attached hydrogens (tertiary/aromatic N) is 1. The number of nitrogens with one attached hydrogen (secondary N) is 1. The summed E-state index contributed by atoms with van der Waals surface area (Å²) in [5, 5.41) is 3.68. The molecule has 0 bridgehead atoms. The molecular weight excluding hydrogens is 352 g/mol. The molecule has 0 saturated heterocycles. The summed E-state index contributed by atoms with van der Waals surface area (Å²) in [6, 6.07) is 15.1. The molecule has 7 heteroatoms. The van der Waals surface area contributed by atoms with Crippen molar-refractivity contribution in [3.63, 3.8) is 0 Å². The highest BCUT2D eigenvalue weighted by Crippen LogP contribution is 2.22. The van der Waals surface area contributed by atoms with Gasteiger partial charge in [-0.05, 0) is 55.5 Å². The third-order valence-corrected chi connectivity index (χ3v) is 4.97. The lowest BCUT2D eigenvalue weighted by Crippen LogP contribution is -2.30. The number of carbonyl (C=O) groups is 1. The molecule has 0 spiro atoms. The van der Waals surface area contributed by atoms with Gasteiger partial charge in [-0.3, -0.25) is 9.78 Å². The zero-order valence-electron chi connectivity index (χ0n) is 14.3. The first-order valence-corrected chi connectivity index (χ1v) is 9.85. The van der Waals surface area contributed by atoms with E-state index in [2.05, 4.69) is 10.3 Å². The Labute approximate surface area is 151 Å². The van der Waals surface area contributed by atoms with Gasteiger partial charge in [0.2, 0.25) is 0 Å². The van der Waals surface area contributed by atoms with Crippen molar-refractivity contribution in [2.24, 2.45) is 0 Å². The molecule has 0 aliphatic carbocycles. The zero-order valence-corrected chi connectivity index (χ0v) is 15.2. The van der Waals surface area contributed by atoms with Gasteiger partial charge in [0.15, 0.2) is 15.9 Å². The fourth-order valence-corrected chi connectivity index (χ4v) is 3.10. The molecule has 1 heterocycles. The zero-order chi connectivity index (χ0) is 18.7. The van der Waals surface area contributed by atoms with Crippen LogP contribution in [0.25, 0.3) is 10.9 Å². The fraction of sp³-hybridized carbons (Fsp3) is 0.158. The second-order valence-electron chi connectivity index (χ2n) is 5.87. The Balaban J connectivity index is 1.72. The Morgan fingerprint density at radius 1 is 1.08 bits per heavy atom. The Morgan fingerprint density at radius 2 is 1.81 bits per heavy atom. The van der Waals surface area contributed by atoms with Crippen molar-refractivity contribution in [2.75, 3.05) is 11.6 Å². The van der Waals surface area contributed by atoms with Crippen LogP contribution in [0.15, 0.2) is 65.7 Å². The van der Waals surface area contributed by atoms with E-state index >= 15 is 0 Å². The third-order valence-electron chi connectivity index (χ3n) is 3.84. The molecule has 2 aromatic carbocycles. The van der Waals surface area contributed by atoms with Crippen molar-refractivity contribution in [1.82, 2.24) is 4.98 Å². The van der Waals surface area contributed by atoms with Crippen LogP contribution < -0.4 is 10.1 Å². The Morgan fingerprint density at radius 3 is 2.50 bits per heavy atom. The van der Waals surface area contributed by atoms with Gasteiger partial charge in [-0.2, -0.15) is 0 Å². The maximum absolute atomic E-state index is 12.4. The van der Waals surface area contributed by atoms with Crippen molar-refractivity contribution in [1.29, 1.82) is 0 Å². The standard InChI is InChI=1S/C19H18N2O4S/c1-13(25-14-8-10-15(11-9-14)26(2,23)24)19(22)21-18-7-3-6-17-16(18)5-4-12-20-17/h3-13H,1-2H3,(H,21,22). The second kappa shape index (κ2) is 7.13. The van der Waals surface area contributed by atoms with Crippen LogP contribution in [0.1, 0.15) is 6.92 Å². The first-order chi connectivity index (χ1) is 12.3. The lowest BCUT2D eigenvalue weighted by atomic mass is 10.2. The number of amides is 1. The maximum Gasteiger partial charge on any atom is 0.265 e. The maximum atomic E-state index is 12.4. The molecule has 3 rings (SSSR count). The average Bonchev–Trinajstić information content (AvgIpc) is 2.61. The molecule has 26 heavy (non-hydrogen) atoms. The minimum absolute atomic E-state index is 0.199. The number of benzene rings is 2. The van der Waals surface area contributed by atoms with Crippen LogP contribution in [-0.2, 0) is 14.6 Å². The second-order valence-corrected chi connectivity index (χ2v) is 7.88. The highest BCUT2D eigenvalue weighted by atomic mass is 32.2. The van der Waals surface area contributed by atoms with Crippen LogP contribution in [-0.4, -0.2) is 31.7 Å². The molecule has 0 aliphatic rings. The number of rotatable bonds is 5. The molecule has 1 unspecified atom stereocenters. The van der Waals surface area contributed by atoms with Crippen LogP contribution in [0.2, 0.25) is 0 Å². The van der Waals surface area contributed by atoms with E-state index in [0.29, 0.717) is 11.4 Å². The highest BCUT2D eigenvalue weighted by molar-refractivity contribution is 7.90. The Bertz CT molecular complexity index is 1040. The van der Waals surface area contributed by atoms with Gasteiger partial charge in [0.05, 0.1) is 16.1 Å². The van der Waals surface area contributed by atoms with Gasteiger partial charge in [-0.1, -0.05) is 6.07 Å². The van der Waals surface area contributed by atoms with E-state index in [4.69, 9.17) is 4.74 Å². The van der Waals surface area contributed by atoms with Crippen molar-refractivity contribution in [2.45, 2.75) is 17.9 Å². The van der Waals surface area contributed by atoms with Crippen LogP contribution >= 0.6 is 0 Å². The molecule has 6 nitrogen and oxygen atoms in total. The summed E-state index contributed by atoms with van der Waals surface area (Å²) in [5.74, 6) is 0.105. The van der Waals surface area contributed by atoms with E-state index < -0.39 is 15.9 Å². The molecule has 0 aliphatic heterocycles. The van der Waals surface area contributed by atoms with E-state index in [0.717, 1.165) is 17.2 Å². The lowest BCUT2D eigenvalue weighted by Gasteiger charge is -2.15. The monoisotopic (exact) mass is 370 g/mol. The number of hydrogen-bond acceptors (Lipinski definition) is 5. The van der Waals surface area contributed by atoms with Crippen molar-refractivity contribution < 1.29 is 17.9 Å². The Kier molecular flexibility index (Phi) is 4.90. The molecule has 1 atom stereocenters. The van der Waals surface area contributed by atoms with Crippen LogP contribution in [0, 0.1) is 0 Å². The number of pyridine rings is 1. The van der Waals surface area contributed by atoms with Crippen molar-refractivity contribution in [3.8, 4) is 5.75 Å². The molecule has 0 fully saturated rings. The van der Waals surface area contributed by atoms with E-state index in [1.54, 1.807) is 25.3 Å². The van der Waals surface area contributed by atoms with Crippen molar-refractivity contribution >= 4 is 32.3 Å². The number of aromatic nitrogens is 1. The van der Waals surface area contributed by atoms with E-state index in [1.807, 2.05) is 18.2 Å². The first kappa shape index (κ1) is 17.9. The van der Waals surface area contributed by atoms with Gasteiger partial charge in [0, 0.05) is 17.8 Å². The van der Waals surface area contributed by atoms with Gasteiger partial charge in [0.1, 0.15) is 5.75 Å². The quantitative estimate of drug-likeness (QED) is 0.746. The molecule has 1 aromatic heterocycles. The normalized spacial score (nSPS) is 12.5. The summed E-state index contributed by atoms with van der Waals surface area (Å²) in [4.78, 5) is 16.9. The number of hydrogen-bond donors (Lipinski definition) is 1. The number of sulfone groups is 1. The van der Waals surface area contributed by atoms with Gasteiger partial charge in [0.25, 0.3) is 5.91 Å². The molecule has 0 saturated carbocycles. The molecule has 0 radical (unpaired) electrons. The SMILES string of the molecule is CC(Oc1ccc(S(C)(=O)=O)cc1)C(=O)Nc1cccc2ncccc12. The summed E-state index contributed by atoms with van der Waals surface area (Å²) >= 11 is 0. The highest BCUT2D eigenvalue weighted by Gasteiger charge is 2.16. The number of fused-ring (bicyclic) bond motifs is 1. The third kappa shape index (κ3) is 4.00. The van der Waals surface area contributed by atoms with E-state index in [9.17, 15) is 13.2 Å². The van der Waals surface area contributed by atoms with Crippen LogP contribution in [0.3, 0.4) is 0 Å². The lowest BCUT2D eigenvalue weighted by molar-refractivity contribution is -0.122.